The summed E-state index contributed by atoms with van der Waals surface area (Å²) in [5.74, 6) is 0.926. The lowest BCUT2D eigenvalue weighted by Crippen LogP contribution is -2.54. The number of nitriles is 1. The van der Waals surface area contributed by atoms with E-state index in [2.05, 4.69) is 52.9 Å². The molecule has 5 saturated heterocycles. The number of methoxy groups -OCH3 is 1. The third kappa shape index (κ3) is 9.08. The standard InChI is InChI=1S/C56H59F2N11O6/c1-3-40-43(57)9-4-34-25-39(70)26-42(46(34)40)49-48(58)50-47(53(61-49)74-2)51(67-29-37-5-6-38(30-67)68(37)19-16-59)63-55(62-50)75-32-56(14-15-56)31-65-22-20-64(21-23-65)27-33-12-17-66(18-13-33)36-7-8-41-35(24-36)28-69(54(41)73)44-10-11-45(71)60-52(44)72/h1,4,7-9,24-26,33,37-38,44,70H,5-6,10-15,17-23,27-32H2,2H3,(H,60,71,72). The van der Waals surface area contributed by atoms with E-state index < -0.39 is 23.6 Å². The number of aromatic nitrogens is 3. The maximum atomic E-state index is 17.5. The zero-order valence-electron chi connectivity index (χ0n) is 42.0. The Labute approximate surface area is 433 Å². The largest absolute Gasteiger partial charge is 0.508 e. The number of piperidine rings is 2. The molecule has 75 heavy (non-hydrogen) atoms. The van der Waals surface area contributed by atoms with Crippen LogP contribution in [0.4, 0.5) is 20.3 Å². The quantitative estimate of drug-likeness (QED) is 0.0862. The van der Waals surface area contributed by atoms with Crippen LogP contribution >= 0.6 is 0 Å². The third-order valence-corrected chi connectivity index (χ3v) is 17.0. The summed E-state index contributed by atoms with van der Waals surface area (Å²) in [5.41, 5.74) is 2.21. The first-order chi connectivity index (χ1) is 36.4. The smallest absolute Gasteiger partial charge is 0.319 e. The molecule has 3 amide bonds. The average Bonchev–Trinajstić information content (AvgIpc) is 4.05. The first kappa shape index (κ1) is 48.7. The maximum Gasteiger partial charge on any atom is 0.319 e. The van der Waals surface area contributed by atoms with Gasteiger partial charge in [0.1, 0.15) is 40.0 Å². The molecule has 17 nitrogen and oxygen atoms in total. The molecule has 5 aromatic rings. The van der Waals surface area contributed by atoms with E-state index in [4.69, 9.17) is 25.9 Å². The molecule has 3 aromatic carbocycles. The summed E-state index contributed by atoms with van der Waals surface area (Å²) in [4.78, 5) is 65.4. The Hall–Kier alpha value is -7.19. The van der Waals surface area contributed by atoms with Crippen LogP contribution < -0.4 is 24.6 Å². The monoisotopic (exact) mass is 1020 g/mol. The van der Waals surface area contributed by atoms with Crippen molar-refractivity contribution < 1.29 is 37.7 Å². The lowest BCUT2D eigenvalue weighted by Gasteiger charge is -2.40. The zero-order valence-corrected chi connectivity index (χ0v) is 42.0. The summed E-state index contributed by atoms with van der Waals surface area (Å²) in [6.45, 7) is 9.72. The van der Waals surface area contributed by atoms with E-state index in [0.29, 0.717) is 61.9 Å². The van der Waals surface area contributed by atoms with Crippen molar-refractivity contribution in [2.24, 2.45) is 11.3 Å². The van der Waals surface area contributed by atoms with E-state index in [1.54, 1.807) is 4.90 Å². The van der Waals surface area contributed by atoms with Gasteiger partial charge in [0.05, 0.1) is 31.9 Å². The minimum absolute atomic E-state index is 0.0170. The van der Waals surface area contributed by atoms with Crippen LogP contribution in [-0.2, 0) is 16.1 Å². The fourth-order valence-electron chi connectivity index (χ4n) is 12.8. The van der Waals surface area contributed by atoms with Crippen molar-refractivity contribution in [3.63, 3.8) is 0 Å². The topological polar surface area (TPSA) is 184 Å². The third-order valence-electron chi connectivity index (χ3n) is 17.0. The van der Waals surface area contributed by atoms with Gasteiger partial charge in [-0.2, -0.15) is 15.2 Å². The van der Waals surface area contributed by atoms with Crippen LogP contribution in [-0.4, -0.2) is 161 Å². The molecule has 12 rings (SSSR count). The van der Waals surface area contributed by atoms with Gasteiger partial charge in [-0.1, -0.05) is 12.0 Å². The van der Waals surface area contributed by atoms with Crippen molar-refractivity contribution in [3.8, 4) is 47.3 Å². The molecule has 1 aliphatic carbocycles. The minimum Gasteiger partial charge on any atom is -0.508 e. The van der Waals surface area contributed by atoms with Gasteiger partial charge < -0.3 is 39.1 Å². The Morgan fingerprint density at radius 3 is 2.35 bits per heavy atom. The summed E-state index contributed by atoms with van der Waals surface area (Å²) in [6.07, 6.45) is 12.3. The summed E-state index contributed by atoms with van der Waals surface area (Å²) < 4.78 is 45.2. The molecule has 6 aliphatic heterocycles. The number of pyridine rings is 1. The molecule has 2 aromatic heterocycles. The van der Waals surface area contributed by atoms with E-state index in [1.807, 2.05) is 12.1 Å². The Morgan fingerprint density at radius 1 is 0.880 bits per heavy atom. The zero-order chi connectivity index (χ0) is 51.7. The second-order valence-electron chi connectivity index (χ2n) is 21.7. The fraction of sp³-hybridized carbons (Fsp3) is 0.482. The number of piperazine rings is 2. The number of fused-ring (bicyclic) bond motifs is 5. The van der Waals surface area contributed by atoms with Crippen molar-refractivity contribution in [3.05, 3.63) is 70.8 Å². The molecule has 6 fully saturated rings. The highest BCUT2D eigenvalue weighted by molar-refractivity contribution is 6.06. The van der Waals surface area contributed by atoms with Gasteiger partial charge in [0, 0.05) is 118 Å². The Kier molecular flexibility index (Phi) is 12.7. The predicted octanol–water partition coefficient (Wildman–Crippen LogP) is 5.45. The number of hydrogen-bond donors (Lipinski definition) is 2. The molecule has 0 radical (unpaired) electrons. The molecule has 2 bridgehead atoms. The second-order valence-corrected chi connectivity index (χ2v) is 21.7. The molecule has 1 saturated carbocycles. The number of nitrogens with zero attached hydrogens (tertiary/aromatic N) is 10. The number of halogens is 2. The van der Waals surface area contributed by atoms with Crippen molar-refractivity contribution in [2.45, 2.75) is 76.0 Å². The average molecular weight is 1020 g/mol. The Balaban J connectivity index is 0.713. The first-order valence-corrected chi connectivity index (χ1v) is 26.2. The van der Waals surface area contributed by atoms with Crippen LogP contribution in [0, 0.1) is 46.6 Å². The second kappa shape index (κ2) is 19.5. The maximum absolute atomic E-state index is 17.5. The lowest BCUT2D eigenvalue weighted by molar-refractivity contribution is -0.136. The summed E-state index contributed by atoms with van der Waals surface area (Å²) in [5, 5.41) is 23.7. The van der Waals surface area contributed by atoms with E-state index in [1.165, 1.54) is 31.4 Å². The predicted molar refractivity (Wildman–Crippen MR) is 275 cm³/mol. The number of terminal acetylenes is 1. The molecule has 3 unspecified atom stereocenters. The summed E-state index contributed by atoms with van der Waals surface area (Å²) in [6, 6.07) is 13.3. The van der Waals surface area contributed by atoms with E-state index in [0.717, 1.165) is 102 Å². The minimum atomic E-state index is -0.825. The number of carbonyl (C=O) groups excluding carboxylic acids is 3. The number of carbonyl (C=O) groups is 3. The number of imide groups is 1. The van der Waals surface area contributed by atoms with E-state index in [-0.39, 0.29) is 86.5 Å². The fourth-order valence-corrected chi connectivity index (χ4v) is 12.8. The van der Waals surface area contributed by atoms with Crippen LogP contribution in [0.15, 0.2) is 42.5 Å². The van der Waals surface area contributed by atoms with Crippen molar-refractivity contribution in [2.75, 3.05) is 95.5 Å². The summed E-state index contributed by atoms with van der Waals surface area (Å²) in [7, 11) is 1.44. The number of phenols is 1. The van der Waals surface area contributed by atoms with Gasteiger partial charge in [-0.15, -0.1) is 6.42 Å². The van der Waals surface area contributed by atoms with Crippen LogP contribution in [0.1, 0.15) is 72.9 Å². The Bertz CT molecular complexity index is 3220. The molecule has 7 aliphatic rings. The SMILES string of the molecule is C#Cc1c(F)ccc2cc(O)cc(-c3nc(OC)c4c(N5CC6CCC(C5)N6CC#N)nc(OCC5(CN6CCN(CC7CCN(c8ccc9c(c8)CN(C8CCC(=O)NC8=O)C9=O)CC7)CC6)CC5)nc4c3F)c12. The van der Waals surface area contributed by atoms with E-state index >= 15 is 8.78 Å². The van der Waals surface area contributed by atoms with E-state index in [9.17, 15) is 24.8 Å². The van der Waals surface area contributed by atoms with Crippen molar-refractivity contribution >= 4 is 50.9 Å². The molecular formula is C56H59F2N11O6. The molecule has 0 spiro atoms. The Morgan fingerprint density at radius 2 is 1.64 bits per heavy atom. The van der Waals surface area contributed by atoms with Crippen molar-refractivity contribution in [1.82, 2.24) is 39.9 Å². The van der Waals surface area contributed by atoms with Gasteiger partial charge in [-0.25, -0.2) is 13.8 Å². The van der Waals surface area contributed by atoms with Gasteiger partial charge in [0.25, 0.3) is 5.91 Å². The molecule has 388 valence electrons. The lowest BCUT2D eigenvalue weighted by atomic mass is 9.95. The first-order valence-electron chi connectivity index (χ1n) is 26.2. The number of hydrogen-bond acceptors (Lipinski definition) is 15. The van der Waals surface area contributed by atoms with Gasteiger partial charge >= 0.3 is 6.01 Å². The molecule has 19 heteroatoms. The van der Waals surface area contributed by atoms with Crippen LogP contribution in [0.25, 0.3) is 32.9 Å². The number of anilines is 2. The molecule has 8 heterocycles. The molecule has 2 N–H and O–H groups in total. The van der Waals surface area contributed by atoms with Gasteiger partial charge in [0.2, 0.25) is 17.7 Å². The number of aromatic hydroxyl groups is 1. The van der Waals surface area contributed by atoms with Crippen molar-refractivity contribution in [1.29, 1.82) is 5.26 Å². The van der Waals surface area contributed by atoms with Gasteiger partial charge in [-0.05, 0) is 98.2 Å². The number of phenolic OH excluding ortho intramolecular Hbond substituents is 1. The highest BCUT2D eigenvalue weighted by Gasteiger charge is 2.46. The number of amides is 3. The van der Waals surface area contributed by atoms with Crippen LogP contribution in [0.3, 0.4) is 0 Å². The van der Waals surface area contributed by atoms with Gasteiger partial charge in [-0.3, -0.25) is 24.6 Å². The highest BCUT2D eigenvalue weighted by Crippen LogP contribution is 2.48. The molecule has 3 atom stereocenters. The van der Waals surface area contributed by atoms with Crippen LogP contribution in [0.5, 0.6) is 17.6 Å². The van der Waals surface area contributed by atoms with Gasteiger partial charge in [0.15, 0.2) is 5.82 Å². The summed E-state index contributed by atoms with van der Waals surface area (Å²) >= 11 is 0. The number of rotatable bonds is 13. The van der Waals surface area contributed by atoms with Crippen LogP contribution in [0.2, 0.25) is 0 Å². The normalized spacial score (nSPS) is 23.1. The highest BCUT2D eigenvalue weighted by atomic mass is 19.1. The number of ether oxygens (including phenoxy) is 2. The number of benzene rings is 3. The molecular weight excluding hydrogens is 961 g/mol. The number of nitrogens with one attached hydrogen (secondary N) is 1.